The Kier molecular flexibility index (Phi) is 33.5. The van der Waals surface area contributed by atoms with Crippen LogP contribution in [0.5, 0.6) is 0 Å². The lowest BCUT2D eigenvalue weighted by Gasteiger charge is -2.24. The number of ether oxygens (including phenoxy) is 2. The van der Waals surface area contributed by atoms with E-state index in [9.17, 15) is 14.3 Å². The molecule has 0 aromatic carbocycles. The van der Waals surface area contributed by atoms with Gasteiger partial charge in [-0.05, 0) is 64.2 Å². The van der Waals surface area contributed by atoms with Gasteiger partial charge in [-0.25, -0.2) is 4.57 Å². The predicted octanol–water partition coefficient (Wildman–Crippen LogP) is 11.2. The first-order valence-corrected chi connectivity index (χ1v) is 21.4. The predicted molar refractivity (Wildman–Crippen MR) is 210 cm³/mol. The molecule has 0 bridgehead atoms. The molecule has 0 aromatic heterocycles. The van der Waals surface area contributed by atoms with Crippen LogP contribution in [0.1, 0.15) is 149 Å². The van der Waals surface area contributed by atoms with E-state index in [-0.39, 0.29) is 25.8 Å². The van der Waals surface area contributed by atoms with Gasteiger partial charge in [0.05, 0.1) is 34.4 Å². The van der Waals surface area contributed by atoms with Crippen LogP contribution in [-0.2, 0) is 27.9 Å². The van der Waals surface area contributed by atoms with Crippen molar-refractivity contribution in [2.75, 3.05) is 54.1 Å². The fraction of sp³-hybridized carbons (Fsp3) is 0.780. The summed E-state index contributed by atoms with van der Waals surface area (Å²) in [6.45, 7) is 5.46. The van der Waals surface area contributed by atoms with Gasteiger partial charge in [0, 0.05) is 13.0 Å². The summed E-state index contributed by atoms with van der Waals surface area (Å²) in [4.78, 5) is 22.8. The average molecular weight is 727 g/mol. The van der Waals surface area contributed by atoms with E-state index < -0.39 is 13.9 Å². The highest BCUT2D eigenvalue weighted by Gasteiger charge is 2.26. The minimum absolute atomic E-state index is 0.0818. The van der Waals surface area contributed by atoms with Gasteiger partial charge in [0.2, 0.25) is 0 Å². The van der Waals surface area contributed by atoms with E-state index in [2.05, 4.69) is 62.5 Å². The Morgan fingerprint density at radius 2 is 1.14 bits per heavy atom. The number of nitrogens with zero attached hydrogens (tertiary/aromatic N) is 1. The molecule has 0 spiro atoms. The maximum absolute atomic E-state index is 12.6. The number of hydrogen-bond acceptors (Lipinski definition) is 6. The number of phosphoric acid groups is 1. The summed E-state index contributed by atoms with van der Waals surface area (Å²) in [5.74, 6) is -0.335. The minimum atomic E-state index is -4.28. The quantitative estimate of drug-likeness (QED) is 0.0226. The van der Waals surface area contributed by atoms with Crippen molar-refractivity contribution in [1.82, 2.24) is 0 Å². The van der Waals surface area contributed by atoms with Gasteiger partial charge in [-0.1, -0.05) is 127 Å². The van der Waals surface area contributed by atoms with Crippen LogP contribution in [0.3, 0.4) is 0 Å². The molecule has 9 heteroatoms. The summed E-state index contributed by atoms with van der Waals surface area (Å²) >= 11 is 0. The van der Waals surface area contributed by atoms with Crippen LogP contribution in [0.4, 0.5) is 0 Å². The monoisotopic (exact) mass is 727 g/mol. The molecular formula is C41H77NO7P+. The standard InChI is InChI=1S/C41H76NO7P/c1-6-8-10-12-14-16-18-20-22-24-26-28-30-32-34-41(43)49-40(39-48-50(44,45)47-37-35-42(3,4)5)38-46-36-33-31-29-27-25-23-21-19-17-15-13-11-9-7-2/h11-14,17-20,40H,6-10,15-16,21-39H2,1-5H3/p+1/b13-11-,14-12-,19-17-,20-18-. The molecule has 0 rings (SSSR count). The fourth-order valence-electron chi connectivity index (χ4n) is 4.96. The molecule has 0 fully saturated rings. The molecule has 2 unspecified atom stereocenters. The second-order valence-electron chi connectivity index (χ2n) is 14.3. The van der Waals surface area contributed by atoms with Gasteiger partial charge in [0.15, 0.2) is 0 Å². The number of esters is 1. The van der Waals surface area contributed by atoms with Gasteiger partial charge < -0.3 is 18.9 Å². The molecule has 0 aliphatic rings. The third kappa shape index (κ3) is 37.7. The minimum Gasteiger partial charge on any atom is -0.457 e. The Balaban J connectivity index is 4.34. The van der Waals surface area contributed by atoms with Crippen LogP contribution in [-0.4, -0.2) is 75.6 Å². The molecule has 50 heavy (non-hydrogen) atoms. The second-order valence-corrected chi connectivity index (χ2v) is 15.8. The molecule has 0 saturated heterocycles. The van der Waals surface area contributed by atoms with Gasteiger partial charge in [-0.3, -0.25) is 13.8 Å². The van der Waals surface area contributed by atoms with Crippen LogP contribution in [0.15, 0.2) is 48.6 Å². The smallest absolute Gasteiger partial charge is 0.457 e. The van der Waals surface area contributed by atoms with E-state index in [1.165, 1.54) is 57.8 Å². The molecule has 1 N–H and O–H groups in total. The molecule has 0 amide bonds. The maximum Gasteiger partial charge on any atom is 0.472 e. The number of likely N-dealkylation sites (N-methyl/N-ethyl adjacent to an activating group) is 1. The summed E-state index contributed by atoms with van der Waals surface area (Å²) in [5.41, 5.74) is 0. The van der Waals surface area contributed by atoms with Crippen molar-refractivity contribution < 1.29 is 37.3 Å². The van der Waals surface area contributed by atoms with Crippen molar-refractivity contribution in [3.8, 4) is 0 Å². The second kappa shape index (κ2) is 34.5. The number of hydrogen-bond donors (Lipinski definition) is 1. The summed E-state index contributed by atoms with van der Waals surface area (Å²) in [7, 11) is 1.64. The zero-order valence-electron chi connectivity index (χ0n) is 32.9. The average Bonchev–Trinajstić information content (AvgIpc) is 3.06. The number of allylic oxidation sites excluding steroid dienone is 8. The molecule has 0 aromatic rings. The summed E-state index contributed by atoms with van der Waals surface area (Å²) in [6.07, 6.45) is 39.9. The molecule has 0 aliphatic carbocycles. The summed E-state index contributed by atoms with van der Waals surface area (Å²) < 4.78 is 34.9. The Morgan fingerprint density at radius 1 is 0.620 bits per heavy atom. The van der Waals surface area contributed by atoms with Gasteiger partial charge >= 0.3 is 13.8 Å². The number of quaternary nitrogens is 1. The van der Waals surface area contributed by atoms with Gasteiger partial charge in [0.1, 0.15) is 19.3 Å². The Morgan fingerprint density at radius 3 is 1.70 bits per heavy atom. The van der Waals surface area contributed by atoms with Crippen LogP contribution in [0.2, 0.25) is 0 Å². The zero-order valence-corrected chi connectivity index (χ0v) is 33.8. The number of carbonyl (C=O) groups is 1. The normalized spacial score (nSPS) is 14.4. The maximum atomic E-state index is 12.6. The first-order valence-electron chi connectivity index (χ1n) is 19.9. The number of rotatable bonds is 36. The van der Waals surface area contributed by atoms with E-state index in [0.29, 0.717) is 24.1 Å². The third-order valence-electron chi connectivity index (χ3n) is 8.09. The van der Waals surface area contributed by atoms with E-state index in [4.69, 9.17) is 18.5 Å². The van der Waals surface area contributed by atoms with E-state index in [0.717, 1.165) is 70.6 Å². The molecule has 292 valence electrons. The van der Waals surface area contributed by atoms with Crippen LogP contribution < -0.4 is 0 Å². The molecule has 8 nitrogen and oxygen atoms in total. The zero-order chi connectivity index (χ0) is 37.0. The van der Waals surface area contributed by atoms with Crippen molar-refractivity contribution in [1.29, 1.82) is 0 Å². The largest absolute Gasteiger partial charge is 0.472 e. The highest BCUT2D eigenvalue weighted by atomic mass is 31.2. The molecule has 2 atom stereocenters. The Labute approximate surface area is 308 Å². The number of carbonyl (C=O) groups excluding carboxylic acids is 1. The first-order chi connectivity index (χ1) is 24.1. The van der Waals surface area contributed by atoms with Gasteiger partial charge in [-0.15, -0.1) is 0 Å². The first kappa shape index (κ1) is 48.5. The lowest BCUT2D eigenvalue weighted by atomic mass is 10.1. The molecule has 0 aliphatic heterocycles. The van der Waals surface area contributed by atoms with E-state index >= 15 is 0 Å². The van der Waals surface area contributed by atoms with Crippen molar-refractivity contribution >= 4 is 13.8 Å². The summed E-state index contributed by atoms with van der Waals surface area (Å²) in [6, 6.07) is 0. The van der Waals surface area contributed by atoms with Crippen LogP contribution >= 0.6 is 7.82 Å². The van der Waals surface area contributed by atoms with Crippen LogP contribution in [0.25, 0.3) is 0 Å². The fourth-order valence-corrected chi connectivity index (χ4v) is 5.70. The lowest BCUT2D eigenvalue weighted by molar-refractivity contribution is -0.870. The topological polar surface area (TPSA) is 91.3 Å². The molecule has 0 heterocycles. The SMILES string of the molecule is CCC/C=C\C/C=C\CCCCCCCCOCC(COP(=O)(O)OCC[N+](C)(C)C)OC(=O)CCCCCCC/C=C\C/C=C\CCCC. The molecule has 0 saturated carbocycles. The Bertz CT molecular complexity index is 942. The van der Waals surface area contributed by atoms with Crippen molar-refractivity contribution in [2.24, 2.45) is 0 Å². The Hall–Kier alpha value is -1.54. The van der Waals surface area contributed by atoms with Crippen molar-refractivity contribution in [3.63, 3.8) is 0 Å². The molecular weight excluding hydrogens is 649 g/mol. The van der Waals surface area contributed by atoms with Gasteiger partial charge in [-0.2, -0.15) is 0 Å². The summed E-state index contributed by atoms with van der Waals surface area (Å²) in [5, 5.41) is 0. The highest BCUT2D eigenvalue weighted by molar-refractivity contribution is 7.47. The number of phosphoric ester groups is 1. The number of unbranched alkanes of at least 4 members (excludes halogenated alkanes) is 14. The highest BCUT2D eigenvalue weighted by Crippen LogP contribution is 2.43. The van der Waals surface area contributed by atoms with Crippen LogP contribution in [0, 0.1) is 0 Å². The van der Waals surface area contributed by atoms with Crippen molar-refractivity contribution in [3.05, 3.63) is 48.6 Å². The van der Waals surface area contributed by atoms with E-state index in [1.807, 2.05) is 21.1 Å². The van der Waals surface area contributed by atoms with Crippen molar-refractivity contribution in [2.45, 2.75) is 155 Å². The molecule has 0 radical (unpaired) electrons. The van der Waals surface area contributed by atoms with Gasteiger partial charge in [0.25, 0.3) is 0 Å². The van der Waals surface area contributed by atoms with E-state index in [1.54, 1.807) is 0 Å². The third-order valence-corrected chi connectivity index (χ3v) is 9.08. The lowest BCUT2D eigenvalue weighted by Crippen LogP contribution is -2.37.